The van der Waals surface area contributed by atoms with Crippen LogP contribution in [0.3, 0.4) is 0 Å². The van der Waals surface area contributed by atoms with Gasteiger partial charge in [-0.2, -0.15) is 13.2 Å². The second kappa shape index (κ2) is 6.93. The van der Waals surface area contributed by atoms with Gasteiger partial charge in [0.05, 0.1) is 6.42 Å². The maximum atomic E-state index is 13.2. The third kappa shape index (κ3) is 3.88. The highest BCUT2D eigenvalue weighted by atomic mass is 19.4. The number of hydrogen-bond acceptors (Lipinski definition) is 6. The first kappa shape index (κ1) is 18.7. The second-order valence-corrected chi connectivity index (χ2v) is 6.29. The number of hydrogen-bond donors (Lipinski definition) is 1. The van der Waals surface area contributed by atoms with E-state index < -0.39 is 23.8 Å². The molecule has 1 saturated heterocycles. The molecule has 0 bridgehead atoms. The lowest BCUT2D eigenvalue weighted by Gasteiger charge is -2.19. The summed E-state index contributed by atoms with van der Waals surface area (Å²) in [6.07, 6.45) is -2.02. The van der Waals surface area contributed by atoms with Gasteiger partial charge in [0.15, 0.2) is 11.5 Å². The molecule has 3 heterocycles. The SMILES string of the molecule is CC(C)N1C(=O)CC(Nc2cc(C(F)(F)F)nc(-c3ccncc3)n2)C1=O. The van der Waals surface area contributed by atoms with E-state index in [1.54, 1.807) is 13.8 Å². The van der Waals surface area contributed by atoms with Gasteiger partial charge in [-0.3, -0.25) is 19.5 Å². The minimum Gasteiger partial charge on any atom is -0.358 e. The Hall–Kier alpha value is -3.04. The summed E-state index contributed by atoms with van der Waals surface area (Å²) in [7, 11) is 0. The molecule has 1 fully saturated rings. The van der Waals surface area contributed by atoms with Gasteiger partial charge in [0.1, 0.15) is 11.9 Å². The molecule has 2 amide bonds. The first-order valence-electron chi connectivity index (χ1n) is 8.16. The fourth-order valence-corrected chi connectivity index (χ4v) is 2.78. The molecule has 0 spiro atoms. The molecule has 1 unspecified atom stereocenters. The van der Waals surface area contributed by atoms with Crippen LogP contribution in [0.25, 0.3) is 11.4 Å². The van der Waals surface area contributed by atoms with Crippen molar-refractivity contribution in [3.8, 4) is 11.4 Å². The molecule has 0 saturated carbocycles. The van der Waals surface area contributed by atoms with E-state index in [2.05, 4.69) is 20.3 Å². The predicted octanol–water partition coefficient (Wildman–Crippen LogP) is 2.51. The highest BCUT2D eigenvalue weighted by Crippen LogP contribution is 2.31. The zero-order valence-electron chi connectivity index (χ0n) is 14.5. The molecule has 7 nitrogen and oxygen atoms in total. The van der Waals surface area contributed by atoms with Gasteiger partial charge < -0.3 is 5.32 Å². The van der Waals surface area contributed by atoms with E-state index in [1.807, 2.05) is 0 Å². The molecule has 1 N–H and O–H groups in total. The molecule has 1 aliphatic rings. The number of anilines is 1. The maximum absolute atomic E-state index is 13.2. The van der Waals surface area contributed by atoms with Crippen LogP contribution in [-0.4, -0.2) is 43.7 Å². The number of amides is 2. The number of carbonyl (C=O) groups is 2. The van der Waals surface area contributed by atoms with Crippen molar-refractivity contribution in [1.29, 1.82) is 0 Å². The highest BCUT2D eigenvalue weighted by Gasteiger charge is 2.40. The zero-order valence-corrected chi connectivity index (χ0v) is 14.5. The topological polar surface area (TPSA) is 88.1 Å². The Morgan fingerprint density at radius 2 is 1.85 bits per heavy atom. The van der Waals surface area contributed by atoms with Gasteiger partial charge in [-0.1, -0.05) is 0 Å². The first-order chi connectivity index (χ1) is 12.7. The quantitative estimate of drug-likeness (QED) is 0.822. The van der Waals surface area contributed by atoms with Gasteiger partial charge in [-0.05, 0) is 26.0 Å². The monoisotopic (exact) mass is 379 g/mol. The number of carbonyl (C=O) groups excluding carboxylic acids is 2. The third-order valence-electron chi connectivity index (χ3n) is 3.98. The highest BCUT2D eigenvalue weighted by molar-refractivity contribution is 6.07. The fraction of sp³-hybridized carbons (Fsp3) is 0.353. The van der Waals surface area contributed by atoms with Crippen LogP contribution in [0.15, 0.2) is 30.6 Å². The zero-order chi connectivity index (χ0) is 19.8. The van der Waals surface area contributed by atoms with Crippen molar-refractivity contribution in [3.63, 3.8) is 0 Å². The largest absolute Gasteiger partial charge is 0.433 e. The van der Waals surface area contributed by atoms with Crippen molar-refractivity contribution in [1.82, 2.24) is 19.9 Å². The van der Waals surface area contributed by atoms with Crippen LogP contribution in [0.1, 0.15) is 26.0 Å². The Balaban J connectivity index is 1.96. The fourth-order valence-electron chi connectivity index (χ4n) is 2.78. The smallest absolute Gasteiger partial charge is 0.358 e. The maximum Gasteiger partial charge on any atom is 0.433 e. The van der Waals surface area contributed by atoms with Crippen LogP contribution in [0.5, 0.6) is 0 Å². The predicted molar refractivity (Wildman–Crippen MR) is 89.3 cm³/mol. The minimum absolute atomic E-state index is 0.146. The minimum atomic E-state index is -4.69. The number of nitrogens with one attached hydrogen (secondary N) is 1. The summed E-state index contributed by atoms with van der Waals surface area (Å²) < 4.78 is 39.7. The molecule has 2 aromatic rings. The number of imide groups is 1. The summed E-state index contributed by atoms with van der Waals surface area (Å²) >= 11 is 0. The van der Waals surface area contributed by atoms with E-state index in [4.69, 9.17) is 0 Å². The van der Waals surface area contributed by atoms with Crippen LogP contribution in [0.2, 0.25) is 0 Å². The van der Waals surface area contributed by atoms with Crippen LogP contribution in [0.4, 0.5) is 19.0 Å². The van der Waals surface area contributed by atoms with E-state index in [1.165, 1.54) is 24.5 Å². The molecular weight excluding hydrogens is 363 g/mol. The Bertz CT molecular complexity index is 871. The van der Waals surface area contributed by atoms with E-state index in [-0.39, 0.29) is 30.0 Å². The Morgan fingerprint density at radius 3 is 2.41 bits per heavy atom. The average Bonchev–Trinajstić information content (AvgIpc) is 2.88. The molecule has 0 aliphatic carbocycles. The number of alkyl halides is 3. The van der Waals surface area contributed by atoms with Crippen molar-refractivity contribution in [2.45, 2.75) is 38.5 Å². The summed E-state index contributed by atoms with van der Waals surface area (Å²) in [4.78, 5) is 36.9. The van der Waals surface area contributed by atoms with E-state index >= 15 is 0 Å². The van der Waals surface area contributed by atoms with Gasteiger partial charge in [-0.25, -0.2) is 9.97 Å². The van der Waals surface area contributed by atoms with Crippen molar-refractivity contribution in [2.75, 3.05) is 5.32 Å². The Morgan fingerprint density at radius 1 is 1.19 bits per heavy atom. The molecule has 1 aliphatic heterocycles. The lowest BCUT2D eigenvalue weighted by Crippen LogP contribution is -2.39. The van der Waals surface area contributed by atoms with Crippen LogP contribution >= 0.6 is 0 Å². The van der Waals surface area contributed by atoms with Crippen molar-refractivity contribution < 1.29 is 22.8 Å². The number of halogens is 3. The number of nitrogens with zero attached hydrogens (tertiary/aromatic N) is 4. The molecule has 1 atom stereocenters. The normalized spacial score (nSPS) is 17.7. The third-order valence-corrected chi connectivity index (χ3v) is 3.98. The van der Waals surface area contributed by atoms with Crippen LogP contribution in [0, 0.1) is 0 Å². The van der Waals surface area contributed by atoms with E-state index in [0.717, 1.165) is 11.0 Å². The Kier molecular flexibility index (Phi) is 4.81. The second-order valence-electron chi connectivity index (χ2n) is 6.29. The average molecular weight is 379 g/mol. The number of likely N-dealkylation sites (tertiary alicyclic amines) is 1. The Labute approximate surface area is 152 Å². The molecule has 0 radical (unpaired) electrons. The van der Waals surface area contributed by atoms with Crippen molar-refractivity contribution in [2.24, 2.45) is 0 Å². The molecule has 2 aromatic heterocycles. The first-order valence-corrected chi connectivity index (χ1v) is 8.16. The number of pyridine rings is 1. The summed E-state index contributed by atoms with van der Waals surface area (Å²) in [5.74, 6) is -1.22. The molecule has 0 aromatic carbocycles. The number of aromatic nitrogens is 3. The summed E-state index contributed by atoms with van der Waals surface area (Å²) in [5, 5.41) is 2.65. The summed E-state index contributed by atoms with van der Waals surface area (Å²) in [5.41, 5.74) is -0.805. The van der Waals surface area contributed by atoms with Crippen LogP contribution < -0.4 is 5.32 Å². The van der Waals surface area contributed by atoms with Gasteiger partial charge >= 0.3 is 6.18 Å². The van der Waals surface area contributed by atoms with Gasteiger partial charge in [0.25, 0.3) is 5.91 Å². The van der Waals surface area contributed by atoms with E-state index in [9.17, 15) is 22.8 Å². The standard InChI is InChI=1S/C17H16F3N5O2/c1-9(2)25-14(26)7-11(16(25)27)22-13-8-12(17(18,19)20)23-15(24-13)10-3-5-21-6-4-10/h3-6,8-9,11H,7H2,1-2H3,(H,22,23,24). The lowest BCUT2D eigenvalue weighted by molar-refractivity contribution is -0.141. The van der Waals surface area contributed by atoms with Crippen molar-refractivity contribution >= 4 is 17.6 Å². The molecule has 3 rings (SSSR count). The summed E-state index contributed by atoms with van der Waals surface area (Å²) in [6.45, 7) is 3.37. The molecule has 142 valence electrons. The van der Waals surface area contributed by atoms with Gasteiger partial charge in [0.2, 0.25) is 5.91 Å². The van der Waals surface area contributed by atoms with Gasteiger partial charge in [0, 0.05) is 30.1 Å². The lowest BCUT2D eigenvalue weighted by atomic mass is 10.2. The van der Waals surface area contributed by atoms with Crippen molar-refractivity contribution in [3.05, 3.63) is 36.3 Å². The number of rotatable bonds is 4. The van der Waals surface area contributed by atoms with E-state index in [0.29, 0.717) is 5.56 Å². The molecule has 10 heteroatoms. The summed E-state index contributed by atoms with van der Waals surface area (Å²) in [6, 6.07) is 2.37. The van der Waals surface area contributed by atoms with Crippen LogP contribution in [-0.2, 0) is 15.8 Å². The molecular formula is C17H16F3N5O2. The van der Waals surface area contributed by atoms with Gasteiger partial charge in [-0.15, -0.1) is 0 Å². The molecule has 27 heavy (non-hydrogen) atoms.